The third-order valence-electron chi connectivity index (χ3n) is 8.29. The Morgan fingerprint density at radius 1 is 1.00 bits per heavy atom. The Labute approximate surface area is 282 Å². The summed E-state index contributed by atoms with van der Waals surface area (Å²) in [6, 6.07) is 16.9. The lowest BCUT2D eigenvalue weighted by atomic mass is 9.72. The lowest BCUT2D eigenvalue weighted by Gasteiger charge is -2.33. The number of benzene rings is 2. The summed E-state index contributed by atoms with van der Waals surface area (Å²) in [4.78, 5) is 35.1. The molecule has 6 nitrogen and oxygen atoms in total. The number of anilines is 1. The number of nitrogens with zero attached hydrogens (tertiary/aromatic N) is 1. The molecule has 1 aliphatic rings. The van der Waals surface area contributed by atoms with E-state index in [-0.39, 0.29) is 23.9 Å². The molecule has 2 aromatic rings. The summed E-state index contributed by atoms with van der Waals surface area (Å²) in [5.74, 6) is -0.0189. The fourth-order valence-electron chi connectivity index (χ4n) is 5.02. The quantitative estimate of drug-likeness (QED) is 0.137. The summed E-state index contributed by atoms with van der Waals surface area (Å²) in [5, 5.41) is 0. The number of hydrogen-bond acceptors (Lipinski definition) is 6. The minimum absolute atomic E-state index is 0.0156. The summed E-state index contributed by atoms with van der Waals surface area (Å²) in [7, 11) is 3.31. The molecule has 1 fully saturated rings. The summed E-state index contributed by atoms with van der Waals surface area (Å²) in [6.07, 6.45) is 9.59. The highest BCUT2D eigenvalue weighted by atomic mass is 19.1. The first-order valence-electron chi connectivity index (χ1n) is 16.5. The Morgan fingerprint density at radius 3 is 2.04 bits per heavy atom. The van der Waals surface area contributed by atoms with Crippen molar-refractivity contribution in [3.63, 3.8) is 0 Å². The largest absolute Gasteiger partial charge is 0.469 e. The summed E-state index contributed by atoms with van der Waals surface area (Å²) in [5.41, 5.74) is 4.57. The Balaban J connectivity index is 0.000000707. The first-order valence-corrected chi connectivity index (χ1v) is 16.5. The van der Waals surface area contributed by atoms with Crippen LogP contribution in [0.3, 0.4) is 0 Å². The van der Waals surface area contributed by atoms with Crippen LogP contribution < -0.4 is 4.90 Å². The van der Waals surface area contributed by atoms with E-state index in [1.54, 1.807) is 6.92 Å². The van der Waals surface area contributed by atoms with Crippen molar-refractivity contribution in [3.8, 4) is 0 Å². The number of likely N-dealkylation sites (N-methyl/N-ethyl adjacent to an activating group) is 1. The second-order valence-electron chi connectivity index (χ2n) is 12.7. The van der Waals surface area contributed by atoms with Crippen LogP contribution in [0.4, 0.5) is 10.1 Å². The third kappa shape index (κ3) is 13.7. The second-order valence-corrected chi connectivity index (χ2v) is 12.7. The number of halogens is 1. The Hall–Kier alpha value is -4.00. The number of methoxy groups -OCH3 is 1. The monoisotopic (exact) mass is 649 g/mol. The molecule has 0 bridgehead atoms. The van der Waals surface area contributed by atoms with E-state index in [2.05, 4.69) is 44.6 Å². The van der Waals surface area contributed by atoms with Crippen LogP contribution in [0.15, 0.2) is 89.8 Å². The first-order chi connectivity index (χ1) is 22.3. The maximum Gasteiger partial charge on any atom is 0.333 e. The maximum absolute atomic E-state index is 14.4. The zero-order valence-electron chi connectivity index (χ0n) is 30.1. The van der Waals surface area contributed by atoms with Crippen LogP contribution in [0.2, 0.25) is 0 Å². The van der Waals surface area contributed by atoms with Crippen molar-refractivity contribution >= 4 is 23.9 Å². The van der Waals surface area contributed by atoms with Crippen LogP contribution in [0.5, 0.6) is 0 Å². The van der Waals surface area contributed by atoms with Crippen molar-refractivity contribution in [1.29, 1.82) is 0 Å². The molecule has 1 aliphatic carbocycles. The highest BCUT2D eigenvalue weighted by Crippen LogP contribution is 2.37. The van der Waals surface area contributed by atoms with Gasteiger partial charge in [0.2, 0.25) is 0 Å². The highest BCUT2D eigenvalue weighted by Gasteiger charge is 2.35. The molecule has 7 heteroatoms. The number of carbonyl (C=O) groups is 3. The lowest BCUT2D eigenvalue weighted by molar-refractivity contribution is -0.151. The average Bonchev–Trinajstić information content (AvgIpc) is 3.04. The van der Waals surface area contributed by atoms with E-state index in [0.29, 0.717) is 11.5 Å². The number of hydrogen-bond donors (Lipinski definition) is 0. The van der Waals surface area contributed by atoms with Gasteiger partial charge in [-0.1, -0.05) is 101 Å². The van der Waals surface area contributed by atoms with Crippen LogP contribution in [0.1, 0.15) is 92.2 Å². The van der Waals surface area contributed by atoms with Crippen molar-refractivity contribution in [1.82, 2.24) is 0 Å². The number of carbonyl (C=O) groups excluding carboxylic acids is 3. The molecule has 3 rings (SSSR count). The maximum atomic E-state index is 14.4. The molecule has 0 amide bonds. The van der Waals surface area contributed by atoms with Gasteiger partial charge in [0, 0.05) is 12.7 Å². The standard InChI is InChI=1S/C30H38FNO2.C8H14O2.C2H4O/c1-8-22(3)19-24(20-26(31)9-2)28(29(33)34-21-23-13-11-10-12-14-23)32(7)27-17-15-25(16-18-27)30(4,5)6;1-3-6-4-5-7(6)8(9)10-2;1-2-3/h9-20,28H,8,21H2,1-7H3;6-7H,3-5H2,1-2H3;2H,1H3/b22-19+,24-20+,26-9+;;. The van der Waals surface area contributed by atoms with E-state index in [9.17, 15) is 14.0 Å². The molecular weight excluding hydrogens is 593 g/mol. The predicted octanol–water partition coefficient (Wildman–Crippen LogP) is 9.49. The minimum atomic E-state index is -0.809. The van der Waals surface area contributed by atoms with Gasteiger partial charge in [-0.2, -0.15) is 0 Å². The molecule has 0 radical (unpaired) electrons. The number of esters is 2. The van der Waals surface area contributed by atoms with Gasteiger partial charge >= 0.3 is 11.9 Å². The van der Waals surface area contributed by atoms with Crippen molar-refractivity contribution in [2.24, 2.45) is 11.8 Å². The SMILES string of the molecule is CC=O.CCC1CCC1C(=O)OC.C\C=C(F)/C=C(\C=C(/C)CC)C(C(=O)OCc1ccccc1)N(C)c1ccc(C(C)(C)C)cc1. The summed E-state index contributed by atoms with van der Waals surface area (Å²) in [6.45, 7) is 15.9. The molecular formula is C40H56FNO5. The zero-order valence-corrected chi connectivity index (χ0v) is 30.1. The van der Waals surface area contributed by atoms with Crippen molar-refractivity contribution in [2.75, 3.05) is 19.1 Å². The normalized spacial score (nSPS) is 17.0. The van der Waals surface area contributed by atoms with Crippen LogP contribution in [0.25, 0.3) is 0 Å². The van der Waals surface area contributed by atoms with Crippen molar-refractivity contribution in [2.45, 2.75) is 99.1 Å². The number of allylic oxidation sites excluding steroid dienone is 4. The highest BCUT2D eigenvalue weighted by molar-refractivity contribution is 5.85. The van der Waals surface area contributed by atoms with Gasteiger partial charge < -0.3 is 19.2 Å². The van der Waals surface area contributed by atoms with Crippen molar-refractivity contribution in [3.05, 3.63) is 101 Å². The summed E-state index contributed by atoms with van der Waals surface area (Å²) >= 11 is 0. The Morgan fingerprint density at radius 2 is 1.60 bits per heavy atom. The zero-order chi connectivity index (χ0) is 35.6. The Kier molecular flexibility index (Phi) is 18.3. The predicted molar refractivity (Wildman–Crippen MR) is 191 cm³/mol. The van der Waals surface area contributed by atoms with Crippen LogP contribution in [-0.2, 0) is 35.9 Å². The van der Waals surface area contributed by atoms with E-state index in [4.69, 9.17) is 9.53 Å². The second kappa shape index (κ2) is 21.0. The van der Waals surface area contributed by atoms with Gasteiger partial charge in [0.15, 0.2) is 6.04 Å². The fraction of sp³-hybridized carbons (Fsp3) is 0.475. The van der Waals surface area contributed by atoms with E-state index < -0.39 is 17.8 Å². The lowest BCUT2D eigenvalue weighted by Crippen LogP contribution is -2.41. The molecule has 0 heterocycles. The third-order valence-corrected chi connectivity index (χ3v) is 8.29. The van der Waals surface area contributed by atoms with Gasteiger partial charge in [0.05, 0.1) is 13.0 Å². The van der Waals surface area contributed by atoms with E-state index >= 15 is 0 Å². The van der Waals surface area contributed by atoms with Crippen LogP contribution in [-0.4, -0.2) is 38.4 Å². The van der Waals surface area contributed by atoms with E-state index in [1.165, 1.54) is 38.2 Å². The van der Waals surface area contributed by atoms with Gasteiger partial charge in [-0.3, -0.25) is 4.79 Å². The fourth-order valence-corrected chi connectivity index (χ4v) is 5.02. The molecule has 0 spiro atoms. The van der Waals surface area contributed by atoms with Crippen LogP contribution >= 0.6 is 0 Å². The smallest absolute Gasteiger partial charge is 0.333 e. The molecule has 0 saturated heterocycles. The number of rotatable bonds is 11. The number of aldehydes is 1. The molecule has 0 aliphatic heterocycles. The molecule has 258 valence electrons. The molecule has 3 unspecified atom stereocenters. The van der Waals surface area contributed by atoms with Crippen molar-refractivity contribution < 1.29 is 28.2 Å². The number of ether oxygens (including phenoxy) is 2. The molecule has 0 aromatic heterocycles. The van der Waals surface area contributed by atoms with Gasteiger partial charge in [-0.15, -0.1) is 0 Å². The van der Waals surface area contributed by atoms with Gasteiger partial charge in [0.1, 0.15) is 18.7 Å². The average molecular weight is 650 g/mol. The van der Waals surface area contributed by atoms with E-state index in [0.717, 1.165) is 42.4 Å². The topological polar surface area (TPSA) is 72.9 Å². The molecule has 3 atom stereocenters. The molecule has 2 aromatic carbocycles. The molecule has 1 saturated carbocycles. The van der Waals surface area contributed by atoms with Gasteiger partial charge in [0.25, 0.3) is 0 Å². The van der Waals surface area contributed by atoms with Crippen LogP contribution in [0, 0.1) is 11.8 Å². The Bertz CT molecular complexity index is 1340. The minimum Gasteiger partial charge on any atom is -0.469 e. The first kappa shape index (κ1) is 41.0. The molecule has 0 N–H and O–H groups in total. The van der Waals surface area contributed by atoms with Gasteiger partial charge in [-0.25, -0.2) is 9.18 Å². The molecule has 47 heavy (non-hydrogen) atoms. The van der Waals surface area contributed by atoms with Gasteiger partial charge in [-0.05, 0) is 86.3 Å². The van der Waals surface area contributed by atoms with E-state index in [1.807, 2.05) is 74.3 Å². The summed E-state index contributed by atoms with van der Waals surface area (Å²) < 4.78 is 24.8.